The molecule has 4 nitrogen and oxygen atoms in total. The molecule has 0 amide bonds. The summed E-state index contributed by atoms with van der Waals surface area (Å²) in [6.07, 6.45) is -7.93. The van der Waals surface area contributed by atoms with Gasteiger partial charge in [0.25, 0.3) is 6.43 Å². The third-order valence-corrected chi connectivity index (χ3v) is 2.24. The van der Waals surface area contributed by atoms with Gasteiger partial charge in [-0.3, -0.25) is 0 Å². The zero-order valence-electron chi connectivity index (χ0n) is 9.51. The third kappa shape index (κ3) is 3.71. The first-order valence-electron chi connectivity index (χ1n) is 4.76. The van der Waals surface area contributed by atoms with E-state index in [-0.39, 0.29) is 0 Å². The molecule has 0 bridgehead atoms. The average molecular weight is 270 g/mol. The summed E-state index contributed by atoms with van der Waals surface area (Å²) in [5.41, 5.74) is -3.82. The fourth-order valence-corrected chi connectivity index (χ4v) is 1.01. The van der Waals surface area contributed by atoms with Crippen LogP contribution in [0.4, 0.5) is 17.6 Å². The summed E-state index contributed by atoms with van der Waals surface area (Å²) in [5, 5.41) is 21.1. The Morgan fingerprint density at radius 3 is 1.89 bits per heavy atom. The molecule has 0 fully saturated rings. The van der Waals surface area contributed by atoms with Gasteiger partial charge in [-0.25, -0.2) is 17.6 Å². The molecule has 8 heteroatoms. The smallest absolute Gasteiger partial charge is 0.269 e. The van der Waals surface area contributed by atoms with Crippen LogP contribution in [0.15, 0.2) is 11.4 Å². The van der Waals surface area contributed by atoms with Gasteiger partial charge < -0.3 is 19.8 Å². The molecule has 0 aliphatic carbocycles. The number of carbonyl (C=O) groups is 2. The van der Waals surface area contributed by atoms with E-state index in [4.69, 9.17) is 0 Å². The number of carboxylic acids is 2. The summed E-state index contributed by atoms with van der Waals surface area (Å²) in [6.45, 7) is 1.52. The van der Waals surface area contributed by atoms with E-state index in [0.717, 1.165) is 13.8 Å². The monoisotopic (exact) mass is 270 g/mol. The fourth-order valence-electron chi connectivity index (χ4n) is 1.01. The third-order valence-electron chi connectivity index (χ3n) is 2.24. The first kappa shape index (κ1) is 16.4. The number of alkyl halides is 3. The van der Waals surface area contributed by atoms with Crippen LogP contribution in [0.3, 0.4) is 0 Å². The molecule has 0 aliphatic rings. The van der Waals surface area contributed by atoms with E-state index >= 15 is 0 Å². The zero-order valence-corrected chi connectivity index (χ0v) is 9.51. The molecule has 104 valence electrons. The number of aliphatic carboxylic acids is 2. The van der Waals surface area contributed by atoms with Gasteiger partial charge in [0.2, 0.25) is 0 Å². The second-order valence-corrected chi connectivity index (χ2v) is 4.05. The van der Waals surface area contributed by atoms with E-state index in [9.17, 15) is 37.4 Å². The Morgan fingerprint density at radius 1 is 1.17 bits per heavy atom. The van der Waals surface area contributed by atoms with E-state index < -0.39 is 47.8 Å². The maximum absolute atomic E-state index is 13.6. The van der Waals surface area contributed by atoms with Crippen LogP contribution in [0, 0.1) is 5.41 Å². The van der Waals surface area contributed by atoms with E-state index in [2.05, 4.69) is 0 Å². The molecule has 0 spiro atoms. The summed E-state index contributed by atoms with van der Waals surface area (Å²) >= 11 is 0. The lowest BCUT2D eigenvalue weighted by Crippen LogP contribution is -2.40. The highest BCUT2D eigenvalue weighted by molar-refractivity contribution is 5.88. The van der Waals surface area contributed by atoms with E-state index in [0.29, 0.717) is 0 Å². The summed E-state index contributed by atoms with van der Waals surface area (Å²) in [6, 6.07) is 0. The van der Waals surface area contributed by atoms with Gasteiger partial charge in [-0.1, -0.05) is 0 Å². The predicted octanol–water partition coefficient (Wildman–Crippen LogP) is -0.271. The molecule has 0 aromatic rings. The van der Waals surface area contributed by atoms with Crippen molar-refractivity contribution in [2.45, 2.75) is 32.9 Å². The predicted molar refractivity (Wildman–Crippen MR) is 47.4 cm³/mol. The van der Waals surface area contributed by atoms with Gasteiger partial charge in [-0.2, -0.15) is 0 Å². The second-order valence-electron chi connectivity index (χ2n) is 4.05. The van der Waals surface area contributed by atoms with Crippen LogP contribution in [0.1, 0.15) is 20.3 Å². The molecule has 0 heterocycles. The molecule has 18 heavy (non-hydrogen) atoms. The zero-order chi connectivity index (χ0) is 14.7. The Balaban J connectivity index is 5.46. The maximum atomic E-state index is 13.6. The first-order chi connectivity index (χ1) is 8.01. The van der Waals surface area contributed by atoms with Gasteiger partial charge in [0.15, 0.2) is 6.17 Å². The number of hydrogen-bond donors (Lipinski definition) is 0. The van der Waals surface area contributed by atoms with E-state index in [1.165, 1.54) is 0 Å². The van der Waals surface area contributed by atoms with Crippen molar-refractivity contribution in [2.24, 2.45) is 5.41 Å². The second kappa shape index (κ2) is 5.83. The van der Waals surface area contributed by atoms with E-state index in [1.54, 1.807) is 0 Å². The van der Waals surface area contributed by atoms with Crippen molar-refractivity contribution >= 4 is 11.9 Å². The quantitative estimate of drug-likeness (QED) is 0.491. The summed E-state index contributed by atoms with van der Waals surface area (Å²) < 4.78 is 50.1. The number of carboxylic acid groups (broad SMARTS) is 2. The Kier molecular flexibility index (Phi) is 5.31. The van der Waals surface area contributed by atoms with E-state index in [1.807, 2.05) is 0 Å². The van der Waals surface area contributed by atoms with Crippen LogP contribution < -0.4 is 10.2 Å². The van der Waals surface area contributed by atoms with Gasteiger partial charge in [0, 0.05) is 12.0 Å². The molecule has 0 saturated carbocycles. The molecule has 1 unspecified atom stereocenters. The fraction of sp³-hybridized carbons (Fsp3) is 0.600. The van der Waals surface area contributed by atoms with Crippen LogP contribution in [0.5, 0.6) is 0 Å². The SMILES string of the molecule is CC(C)(C(=O)[O-])C(F)=C(CC(F)C(F)F)C(=O)[O-]. The number of hydrogen-bond acceptors (Lipinski definition) is 4. The minimum absolute atomic E-state index is 0.760. The average Bonchev–Trinajstić information content (AvgIpc) is 2.23. The largest absolute Gasteiger partial charge is 0.549 e. The van der Waals surface area contributed by atoms with Crippen molar-refractivity contribution < 1.29 is 37.4 Å². The Morgan fingerprint density at radius 2 is 1.61 bits per heavy atom. The van der Waals surface area contributed by atoms with Crippen molar-refractivity contribution in [3.05, 3.63) is 11.4 Å². The molecule has 0 N–H and O–H groups in total. The summed E-state index contributed by atoms with van der Waals surface area (Å²) in [7, 11) is 0. The highest BCUT2D eigenvalue weighted by atomic mass is 19.3. The standard InChI is InChI=1S/C10H12F4O4/c1-10(2,9(17)18)6(12)4(8(15)16)3-5(11)7(13)14/h5,7H,3H2,1-2H3,(H,15,16)(H,17,18)/p-2. The lowest BCUT2D eigenvalue weighted by Gasteiger charge is -2.27. The topological polar surface area (TPSA) is 80.3 Å². The van der Waals surface area contributed by atoms with Crippen LogP contribution in [-0.4, -0.2) is 24.5 Å². The van der Waals surface area contributed by atoms with Crippen LogP contribution in [-0.2, 0) is 9.59 Å². The number of carbonyl (C=O) groups excluding carboxylic acids is 2. The molecule has 0 aromatic carbocycles. The molecule has 1 atom stereocenters. The molecule has 0 aromatic heterocycles. The highest BCUT2D eigenvalue weighted by Crippen LogP contribution is 2.32. The van der Waals surface area contributed by atoms with Gasteiger partial charge in [0.1, 0.15) is 5.83 Å². The lowest BCUT2D eigenvalue weighted by molar-refractivity contribution is -0.316. The molecule has 0 aliphatic heterocycles. The minimum Gasteiger partial charge on any atom is -0.549 e. The Bertz CT molecular complexity index is 376. The van der Waals surface area contributed by atoms with Gasteiger partial charge in [-0.05, 0) is 13.8 Å². The first-order valence-corrected chi connectivity index (χ1v) is 4.76. The Hall–Kier alpha value is -1.60. The molecule has 0 rings (SSSR count). The highest BCUT2D eigenvalue weighted by Gasteiger charge is 2.31. The minimum atomic E-state index is -3.52. The maximum Gasteiger partial charge on any atom is 0.269 e. The van der Waals surface area contributed by atoms with Crippen LogP contribution >= 0.6 is 0 Å². The van der Waals surface area contributed by atoms with Gasteiger partial charge in [0.05, 0.1) is 17.4 Å². The Labute approximate surface area is 99.9 Å². The van der Waals surface area contributed by atoms with Crippen molar-refractivity contribution in [1.29, 1.82) is 0 Å². The number of rotatable bonds is 6. The lowest BCUT2D eigenvalue weighted by atomic mass is 9.88. The summed E-state index contributed by atoms with van der Waals surface area (Å²) in [5.74, 6) is -5.98. The summed E-state index contributed by atoms with van der Waals surface area (Å²) in [4.78, 5) is 21.1. The van der Waals surface area contributed by atoms with Crippen molar-refractivity contribution in [3.63, 3.8) is 0 Å². The van der Waals surface area contributed by atoms with Crippen LogP contribution in [0.2, 0.25) is 0 Å². The van der Waals surface area contributed by atoms with Gasteiger partial charge in [-0.15, -0.1) is 0 Å². The molecular weight excluding hydrogens is 260 g/mol. The normalized spacial score (nSPS) is 15.3. The van der Waals surface area contributed by atoms with Gasteiger partial charge >= 0.3 is 0 Å². The number of halogens is 4. The molecule has 0 saturated heterocycles. The van der Waals surface area contributed by atoms with Crippen molar-refractivity contribution in [1.82, 2.24) is 0 Å². The molecular formula is C10H10F4O4-2. The van der Waals surface area contributed by atoms with Crippen molar-refractivity contribution in [3.8, 4) is 0 Å². The van der Waals surface area contributed by atoms with Crippen LogP contribution in [0.25, 0.3) is 0 Å². The molecule has 0 radical (unpaired) electrons. The van der Waals surface area contributed by atoms with Crippen molar-refractivity contribution in [2.75, 3.05) is 0 Å².